The fourth-order valence-electron chi connectivity index (χ4n) is 1.96. The van der Waals surface area contributed by atoms with Gasteiger partial charge in [-0.1, -0.05) is 0 Å². The van der Waals surface area contributed by atoms with Gasteiger partial charge in [-0.3, -0.25) is 10.1 Å². The first kappa shape index (κ1) is 14.8. The Kier molecular flexibility index (Phi) is 3.40. The lowest BCUT2D eigenvalue weighted by molar-refractivity contribution is -0.383. The number of hydrogen-bond acceptors (Lipinski definition) is 5. The fraction of sp³-hybridized carbons (Fsp3) is 0.0714. The minimum atomic E-state index is -4.50. The molecule has 118 valence electrons. The van der Waals surface area contributed by atoms with Crippen molar-refractivity contribution in [2.24, 2.45) is 0 Å². The molecule has 0 aliphatic heterocycles. The number of halogens is 3. The molecule has 2 aromatic heterocycles. The summed E-state index contributed by atoms with van der Waals surface area (Å²) in [5.74, 6) is -0.0481. The van der Waals surface area contributed by atoms with Gasteiger partial charge in [0.05, 0.1) is 22.8 Å². The Morgan fingerprint density at radius 3 is 2.61 bits per heavy atom. The van der Waals surface area contributed by atoms with Crippen LogP contribution in [0.1, 0.15) is 5.56 Å². The van der Waals surface area contributed by atoms with E-state index < -0.39 is 16.7 Å². The highest BCUT2D eigenvalue weighted by Crippen LogP contribution is 2.34. The number of nitro groups is 1. The van der Waals surface area contributed by atoms with E-state index in [-0.39, 0.29) is 22.9 Å². The number of fused-ring (bicyclic) bond motifs is 1. The summed E-state index contributed by atoms with van der Waals surface area (Å²) in [5, 5.41) is 11.5. The van der Waals surface area contributed by atoms with Crippen molar-refractivity contribution >= 4 is 16.7 Å². The Bertz CT molecular complexity index is 872. The lowest BCUT2D eigenvalue weighted by Gasteiger charge is -2.08. The van der Waals surface area contributed by atoms with Crippen LogP contribution in [0.5, 0.6) is 11.6 Å². The summed E-state index contributed by atoms with van der Waals surface area (Å²) in [5.41, 5.74) is -1.14. The quantitative estimate of drug-likeness (QED) is 0.522. The number of rotatable bonds is 3. The minimum Gasteiger partial charge on any atom is -0.457 e. The summed E-state index contributed by atoms with van der Waals surface area (Å²) in [6, 6.07) is 5.94. The van der Waals surface area contributed by atoms with E-state index in [2.05, 4.69) is 4.98 Å². The Labute approximate surface area is 126 Å². The number of benzene rings is 1. The Hall–Kier alpha value is -3.10. The normalized spacial score (nSPS) is 11.6. The molecule has 9 heteroatoms. The van der Waals surface area contributed by atoms with Crippen molar-refractivity contribution < 1.29 is 27.2 Å². The summed E-state index contributed by atoms with van der Waals surface area (Å²) in [6.07, 6.45) is -2.59. The summed E-state index contributed by atoms with van der Waals surface area (Å²) in [4.78, 5) is 13.9. The fourth-order valence-corrected chi connectivity index (χ4v) is 1.96. The number of nitrogens with zero attached hydrogens (tertiary/aromatic N) is 2. The van der Waals surface area contributed by atoms with E-state index in [1.54, 1.807) is 0 Å². The largest absolute Gasteiger partial charge is 0.457 e. The van der Waals surface area contributed by atoms with Gasteiger partial charge >= 0.3 is 11.9 Å². The van der Waals surface area contributed by atoms with E-state index in [9.17, 15) is 23.3 Å². The first-order chi connectivity index (χ1) is 10.8. The van der Waals surface area contributed by atoms with Crippen LogP contribution in [-0.2, 0) is 6.18 Å². The molecule has 1 aromatic carbocycles. The van der Waals surface area contributed by atoms with E-state index >= 15 is 0 Å². The van der Waals surface area contributed by atoms with Crippen LogP contribution in [0, 0.1) is 10.1 Å². The van der Waals surface area contributed by atoms with Gasteiger partial charge in [-0.25, -0.2) is 4.98 Å². The van der Waals surface area contributed by atoms with Gasteiger partial charge in [0.1, 0.15) is 5.75 Å². The molecule has 0 unspecified atom stereocenters. The van der Waals surface area contributed by atoms with Crippen molar-refractivity contribution in [3.05, 3.63) is 58.5 Å². The van der Waals surface area contributed by atoms with E-state index in [1.165, 1.54) is 18.4 Å². The van der Waals surface area contributed by atoms with Gasteiger partial charge in [-0.2, -0.15) is 13.2 Å². The standard InChI is InChI=1S/C14H7F3N2O4/c15-14(16,17)9-1-2-12(18-7-9)23-10-5-8-3-4-22-13(8)11(6-10)19(20)21/h1-7H. The molecule has 0 saturated carbocycles. The molecule has 0 aliphatic carbocycles. The zero-order valence-electron chi connectivity index (χ0n) is 11.2. The second-order valence-corrected chi connectivity index (χ2v) is 4.52. The molecular formula is C14H7F3N2O4. The highest BCUT2D eigenvalue weighted by Gasteiger charge is 2.30. The van der Waals surface area contributed by atoms with Crippen LogP contribution in [0.2, 0.25) is 0 Å². The van der Waals surface area contributed by atoms with E-state index in [0.29, 0.717) is 11.6 Å². The first-order valence-corrected chi connectivity index (χ1v) is 6.21. The number of pyridine rings is 1. The average molecular weight is 324 g/mol. The maximum Gasteiger partial charge on any atom is 0.417 e. The van der Waals surface area contributed by atoms with Crippen LogP contribution < -0.4 is 4.74 Å². The third kappa shape index (κ3) is 2.93. The number of non-ortho nitro benzene ring substituents is 1. The minimum absolute atomic E-state index is 0.0675. The average Bonchev–Trinajstić information content (AvgIpc) is 2.94. The van der Waals surface area contributed by atoms with Gasteiger partial charge < -0.3 is 9.15 Å². The van der Waals surface area contributed by atoms with Gasteiger partial charge in [0, 0.05) is 17.6 Å². The molecule has 0 spiro atoms. The van der Waals surface area contributed by atoms with Crippen LogP contribution in [0.3, 0.4) is 0 Å². The van der Waals surface area contributed by atoms with Crippen LogP contribution in [0.25, 0.3) is 11.0 Å². The highest BCUT2D eigenvalue weighted by atomic mass is 19.4. The molecule has 0 radical (unpaired) electrons. The number of aromatic nitrogens is 1. The molecule has 2 heterocycles. The lowest BCUT2D eigenvalue weighted by atomic mass is 10.2. The van der Waals surface area contributed by atoms with Gasteiger partial charge in [0.15, 0.2) is 0 Å². The second kappa shape index (κ2) is 5.27. The van der Waals surface area contributed by atoms with E-state index in [4.69, 9.17) is 9.15 Å². The molecule has 0 N–H and O–H groups in total. The monoisotopic (exact) mass is 324 g/mol. The molecule has 6 nitrogen and oxygen atoms in total. The number of ether oxygens (including phenoxy) is 1. The maximum atomic E-state index is 12.5. The van der Waals surface area contributed by atoms with E-state index in [0.717, 1.165) is 18.2 Å². The summed E-state index contributed by atoms with van der Waals surface area (Å²) in [7, 11) is 0. The zero-order chi connectivity index (χ0) is 16.6. The van der Waals surface area contributed by atoms with Crippen molar-refractivity contribution in [3.63, 3.8) is 0 Å². The van der Waals surface area contributed by atoms with Crippen LogP contribution in [0.15, 0.2) is 47.2 Å². The topological polar surface area (TPSA) is 78.4 Å². The molecule has 0 atom stereocenters. The van der Waals surface area contributed by atoms with Crippen molar-refractivity contribution in [1.29, 1.82) is 0 Å². The third-order valence-electron chi connectivity index (χ3n) is 2.99. The van der Waals surface area contributed by atoms with E-state index in [1.807, 2.05) is 0 Å². The number of nitro benzene ring substituents is 1. The molecule has 3 rings (SSSR count). The summed E-state index contributed by atoms with van der Waals surface area (Å²) >= 11 is 0. The third-order valence-corrected chi connectivity index (χ3v) is 2.99. The number of hydrogen-bond donors (Lipinski definition) is 0. The predicted octanol–water partition coefficient (Wildman–Crippen LogP) is 4.55. The number of furan rings is 1. The van der Waals surface area contributed by atoms with Gasteiger partial charge in [0.2, 0.25) is 11.5 Å². The molecular weight excluding hydrogens is 317 g/mol. The molecule has 0 fully saturated rings. The van der Waals surface area contributed by atoms with Crippen molar-refractivity contribution in [3.8, 4) is 11.6 Å². The van der Waals surface area contributed by atoms with Crippen LogP contribution >= 0.6 is 0 Å². The first-order valence-electron chi connectivity index (χ1n) is 6.21. The molecule has 23 heavy (non-hydrogen) atoms. The van der Waals surface area contributed by atoms with Gasteiger partial charge in [-0.15, -0.1) is 0 Å². The Morgan fingerprint density at radius 1 is 1.22 bits per heavy atom. The maximum absolute atomic E-state index is 12.5. The summed E-state index contributed by atoms with van der Waals surface area (Å²) < 4.78 is 47.7. The van der Waals surface area contributed by atoms with Crippen molar-refractivity contribution in [2.45, 2.75) is 6.18 Å². The van der Waals surface area contributed by atoms with Crippen LogP contribution in [-0.4, -0.2) is 9.91 Å². The molecule has 0 saturated heterocycles. The Balaban J connectivity index is 1.94. The molecule has 0 aliphatic rings. The molecule has 0 amide bonds. The number of alkyl halides is 3. The predicted molar refractivity (Wildman–Crippen MR) is 72.2 cm³/mol. The van der Waals surface area contributed by atoms with Gasteiger partial charge in [-0.05, 0) is 18.2 Å². The van der Waals surface area contributed by atoms with Gasteiger partial charge in [0.25, 0.3) is 0 Å². The smallest absolute Gasteiger partial charge is 0.417 e. The second-order valence-electron chi connectivity index (χ2n) is 4.52. The summed E-state index contributed by atoms with van der Waals surface area (Å²) in [6.45, 7) is 0. The lowest BCUT2D eigenvalue weighted by Crippen LogP contribution is -2.05. The highest BCUT2D eigenvalue weighted by molar-refractivity contribution is 5.87. The van der Waals surface area contributed by atoms with Crippen LogP contribution in [0.4, 0.5) is 18.9 Å². The molecule has 3 aromatic rings. The van der Waals surface area contributed by atoms with Crippen molar-refractivity contribution in [1.82, 2.24) is 4.98 Å². The SMILES string of the molecule is O=[N+]([O-])c1cc(Oc2ccc(C(F)(F)F)cn2)cc2ccoc12. The molecule has 0 bridgehead atoms. The Morgan fingerprint density at radius 2 is 2.00 bits per heavy atom. The zero-order valence-corrected chi connectivity index (χ0v) is 11.2. The van der Waals surface area contributed by atoms with Crippen molar-refractivity contribution in [2.75, 3.05) is 0 Å².